The highest BCUT2D eigenvalue weighted by atomic mass is 35.5. The van der Waals surface area contributed by atoms with Crippen LogP contribution in [-0.2, 0) is 14.4 Å². The van der Waals surface area contributed by atoms with Crippen molar-refractivity contribution in [1.82, 2.24) is 14.8 Å². The second kappa shape index (κ2) is 5.41. The number of amides is 3. The third-order valence-corrected chi connectivity index (χ3v) is 4.30. The maximum Gasteiger partial charge on any atom is 0.260 e. The van der Waals surface area contributed by atoms with Gasteiger partial charge in [-0.15, -0.1) is 5.10 Å². The molecule has 1 fully saturated rings. The van der Waals surface area contributed by atoms with Gasteiger partial charge in [0.1, 0.15) is 0 Å². The molecule has 1 N–H and O–H groups in total. The van der Waals surface area contributed by atoms with Crippen LogP contribution in [0.25, 0.3) is 0 Å². The van der Waals surface area contributed by atoms with Crippen LogP contribution in [0.2, 0.25) is 5.02 Å². The van der Waals surface area contributed by atoms with Gasteiger partial charge < -0.3 is 0 Å². The second-order valence-corrected chi connectivity index (χ2v) is 6.06. The number of anilines is 2. The fourth-order valence-corrected chi connectivity index (χ4v) is 3.02. The predicted molar refractivity (Wildman–Crippen MR) is 84.6 cm³/mol. The van der Waals surface area contributed by atoms with Crippen LogP contribution in [0.3, 0.4) is 0 Å². The highest BCUT2D eigenvalue weighted by molar-refractivity contribution is 6.30. The molecule has 0 bridgehead atoms. The van der Waals surface area contributed by atoms with E-state index in [9.17, 15) is 14.4 Å². The van der Waals surface area contributed by atoms with Gasteiger partial charge in [-0.25, -0.2) is 9.58 Å². The standard InChI is InChI=1S/C15H12ClN5O3/c16-9-3-1-8(2-4-9)10-7-11(22)17-14-18-15(19-21(10)14)20-12(23)5-6-13(20)24/h1-4,10H,5-7H2,(H,17,18,19,22)/t10-/m0/s1. The molecular formula is C15H12ClN5O3. The zero-order valence-corrected chi connectivity index (χ0v) is 13.2. The predicted octanol–water partition coefficient (Wildman–Crippen LogP) is 1.52. The van der Waals surface area contributed by atoms with Gasteiger partial charge in [-0.2, -0.15) is 4.98 Å². The molecule has 3 amide bonds. The summed E-state index contributed by atoms with van der Waals surface area (Å²) in [5.41, 5.74) is 0.839. The lowest BCUT2D eigenvalue weighted by molar-refractivity contribution is -0.121. The Bertz CT molecular complexity index is 844. The topological polar surface area (TPSA) is 97.2 Å². The van der Waals surface area contributed by atoms with Crippen LogP contribution in [0, 0.1) is 0 Å². The van der Waals surface area contributed by atoms with Crippen molar-refractivity contribution in [3.8, 4) is 0 Å². The Balaban J connectivity index is 1.76. The van der Waals surface area contributed by atoms with Crippen molar-refractivity contribution >= 4 is 41.2 Å². The van der Waals surface area contributed by atoms with Crippen molar-refractivity contribution in [1.29, 1.82) is 0 Å². The summed E-state index contributed by atoms with van der Waals surface area (Å²) in [7, 11) is 0. The second-order valence-electron chi connectivity index (χ2n) is 5.62. The molecule has 8 nitrogen and oxygen atoms in total. The molecule has 0 unspecified atom stereocenters. The van der Waals surface area contributed by atoms with E-state index in [1.807, 2.05) is 12.1 Å². The number of nitrogens with zero attached hydrogens (tertiary/aromatic N) is 4. The molecule has 0 radical (unpaired) electrons. The van der Waals surface area contributed by atoms with Gasteiger partial charge >= 0.3 is 0 Å². The average Bonchev–Trinajstić information content (AvgIpc) is 3.10. The third-order valence-electron chi connectivity index (χ3n) is 4.05. The number of imide groups is 1. The van der Waals surface area contributed by atoms with Gasteiger partial charge in [-0.05, 0) is 17.7 Å². The summed E-state index contributed by atoms with van der Waals surface area (Å²) in [6.45, 7) is 0. The number of hydrogen-bond donors (Lipinski definition) is 1. The SMILES string of the molecule is O=C1C[C@@H](c2ccc(Cl)cc2)n2nc(N3C(=O)CCC3=O)nc2N1. The summed E-state index contributed by atoms with van der Waals surface area (Å²) in [5, 5.41) is 7.50. The molecule has 1 atom stereocenters. The Kier molecular flexibility index (Phi) is 3.34. The van der Waals surface area contributed by atoms with E-state index in [2.05, 4.69) is 15.4 Å². The normalized spacial score (nSPS) is 20.3. The lowest BCUT2D eigenvalue weighted by Crippen LogP contribution is -2.30. The molecule has 2 aromatic rings. The Morgan fingerprint density at radius 3 is 2.42 bits per heavy atom. The molecule has 3 heterocycles. The molecule has 24 heavy (non-hydrogen) atoms. The molecule has 4 rings (SSSR count). The van der Waals surface area contributed by atoms with Gasteiger partial charge in [0.25, 0.3) is 5.95 Å². The van der Waals surface area contributed by atoms with Crippen molar-refractivity contribution in [3.63, 3.8) is 0 Å². The number of carbonyl (C=O) groups is 3. The van der Waals surface area contributed by atoms with Crippen LogP contribution in [0.15, 0.2) is 24.3 Å². The van der Waals surface area contributed by atoms with E-state index in [4.69, 9.17) is 11.6 Å². The van der Waals surface area contributed by atoms with Crippen molar-refractivity contribution in [2.75, 3.05) is 10.2 Å². The Hall–Kier alpha value is -2.74. The minimum atomic E-state index is -0.375. The van der Waals surface area contributed by atoms with Gasteiger partial charge in [-0.3, -0.25) is 19.7 Å². The minimum absolute atomic E-state index is 0.00124. The Labute approximate surface area is 141 Å². The van der Waals surface area contributed by atoms with Crippen LogP contribution in [0.5, 0.6) is 0 Å². The van der Waals surface area contributed by atoms with E-state index in [-0.39, 0.29) is 54.9 Å². The number of carbonyl (C=O) groups excluding carboxylic acids is 3. The fraction of sp³-hybridized carbons (Fsp3) is 0.267. The molecule has 2 aliphatic rings. The average molecular weight is 346 g/mol. The summed E-state index contributed by atoms with van der Waals surface area (Å²) in [5.74, 6) is -0.664. The molecule has 0 saturated carbocycles. The zero-order valence-electron chi connectivity index (χ0n) is 12.4. The number of nitrogens with one attached hydrogen (secondary N) is 1. The molecule has 0 aliphatic carbocycles. The van der Waals surface area contributed by atoms with Crippen LogP contribution in [0.4, 0.5) is 11.9 Å². The molecular weight excluding hydrogens is 334 g/mol. The number of hydrogen-bond acceptors (Lipinski definition) is 5. The lowest BCUT2D eigenvalue weighted by Gasteiger charge is -2.23. The molecule has 1 saturated heterocycles. The number of rotatable bonds is 2. The largest absolute Gasteiger partial charge is 0.295 e. The Morgan fingerprint density at radius 1 is 1.08 bits per heavy atom. The van der Waals surface area contributed by atoms with E-state index in [1.165, 1.54) is 4.68 Å². The third kappa shape index (κ3) is 2.35. The quantitative estimate of drug-likeness (QED) is 0.832. The Morgan fingerprint density at radius 2 is 1.75 bits per heavy atom. The van der Waals surface area contributed by atoms with Gasteiger partial charge in [0.15, 0.2) is 0 Å². The molecule has 2 aliphatic heterocycles. The number of fused-ring (bicyclic) bond motifs is 1. The molecule has 1 aromatic heterocycles. The first-order valence-corrected chi connectivity index (χ1v) is 7.78. The van der Waals surface area contributed by atoms with Crippen molar-refractivity contribution in [2.45, 2.75) is 25.3 Å². The van der Waals surface area contributed by atoms with Crippen molar-refractivity contribution in [3.05, 3.63) is 34.9 Å². The smallest absolute Gasteiger partial charge is 0.260 e. The van der Waals surface area contributed by atoms with E-state index >= 15 is 0 Å². The van der Waals surface area contributed by atoms with E-state index < -0.39 is 0 Å². The fourth-order valence-electron chi connectivity index (χ4n) is 2.89. The maximum atomic E-state index is 12.0. The highest BCUT2D eigenvalue weighted by Crippen LogP contribution is 2.32. The van der Waals surface area contributed by atoms with Crippen LogP contribution in [0.1, 0.15) is 30.9 Å². The van der Waals surface area contributed by atoms with Crippen molar-refractivity contribution in [2.24, 2.45) is 0 Å². The van der Waals surface area contributed by atoms with E-state index in [1.54, 1.807) is 12.1 Å². The number of benzene rings is 1. The van der Waals surface area contributed by atoms with Crippen LogP contribution < -0.4 is 10.2 Å². The van der Waals surface area contributed by atoms with E-state index in [0.29, 0.717) is 5.02 Å². The highest BCUT2D eigenvalue weighted by Gasteiger charge is 2.36. The number of aromatic nitrogens is 3. The molecule has 1 aromatic carbocycles. The summed E-state index contributed by atoms with van der Waals surface area (Å²) < 4.78 is 1.53. The van der Waals surface area contributed by atoms with E-state index in [0.717, 1.165) is 10.5 Å². The van der Waals surface area contributed by atoms with Gasteiger partial charge in [0.2, 0.25) is 23.7 Å². The van der Waals surface area contributed by atoms with Crippen LogP contribution >= 0.6 is 11.6 Å². The molecule has 122 valence electrons. The lowest BCUT2D eigenvalue weighted by atomic mass is 10.0. The summed E-state index contributed by atoms with van der Waals surface area (Å²) in [6, 6.07) is 6.70. The minimum Gasteiger partial charge on any atom is -0.295 e. The van der Waals surface area contributed by atoms with Gasteiger partial charge in [0, 0.05) is 17.9 Å². The van der Waals surface area contributed by atoms with Crippen LogP contribution in [-0.4, -0.2) is 32.5 Å². The van der Waals surface area contributed by atoms with Gasteiger partial charge in [-0.1, -0.05) is 23.7 Å². The molecule has 0 spiro atoms. The van der Waals surface area contributed by atoms with Crippen molar-refractivity contribution < 1.29 is 14.4 Å². The molecule has 9 heteroatoms. The summed E-state index contributed by atoms with van der Waals surface area (Å²) in [4.78, 5) is 40.8. The first-order valence-electron chi connectivity index (χ1n) is 7.40. The monoisotopic (exact) mass is 345 g/mol. The first kappa shape index (κ1) is 14.8. The van der Waals surface area contributed by atoms with Gasteiger partial charge in [0.05, 0.1) is 12.5 Å². The first-order chi connectivity index (χ1) is 11.5. The maximum absolute atomic E-state index is 12.0. The summed E-state index contributed by atoms with van der Waals surface area (Å²) >= 11 is 5.91. The zero-order chi connectivity index (χ0) is 16.8. The number of halogens is 1. The summed E-state index contributed by atoms with van der Waals surface area (Å²) in [6.07, 6.45) is 0.477.